The van der Waals surface area contributed by atoms with E-state index in [0.717, 1.165) is 25.2 Å². The Morgan fingerprint density at radius 3 is 2.32 bits per heavy atom. The standard InChI is InChI=1S/C27H32N4O3/c1-4-31(5-2)18-21-10-13-24(14-11-21)29-27(33)30-28-17-23-12-15-25(16-26(23)32)34-19-22-8-6-20(3)7-9-22/h6-17,32H,4-5,18-19H2,1-3H3,(H2,29,30,33)/b28-17+. The van der Waals surface area contributed by atoms with Gasteiger partial charge in [0.1, 0.15) is 18.1 Å². The van der Waals surface area contributed by atoms with Gasteiger partial charge in [-0.2, -0.15) is 5.10 Å². The molecule has 0 radical (unpaired) electrons. The Hall–Kier alpha value is -3.84. The second kappa shape index (κ2) is 12.4. The van der Waals surface area contributed by atoms with Gasteiger partial charge in [0.25, 0.3) is 0 Å². The van der Waals surface area contributed by atoms with Gasteiger partial charge >= 0.3 is 6.03 Å². The molecule has 0 atom stereocenters. The third kappa shape index (κ3) is 7.64. The number of carbonyl (C=O) groups excluding carboxylic acids is 1. The van der Waals surface area contributed by atoms with Crippen molar-refractivity contribution in [3.63, 3.8) is 0 Å². The average Bonchev–Trinajstić information content (AvgIpc) is 2.84. The van der Waals surface area contributed by atoms with Gasteiger partial charge in [-0.15, -0.1) is 0 Å². The summed E-state index contributed by atoms with van der Waals surface area (Å²) in [7, 11) is 0. The first-order chi connectivity index (χ1) is 16.5. The summed E-state index contributed by atoms with van der Waals surface area (Å²) in [5.41, 5.74) is 6.97. The number of hydrazone groups is 1. The summed E-state index contributed by atoms with van der Waals surface area (Å²) in [4.78, 5) is 14.4. The zero-order valence-electron chi connectivity index (χ0n) is 19.9. The van der Waals surface area contributed by atoms with Gasteiger partial charge in [0.2, 0.25) is 0 Å². The zero-order chi connectivity index (χ0) is 24.3. The Bertz CT molecular complexity index is 1090. The van der Waals surface area contributed by atoms with E-state index >= 15 is 0 Å². The normalized spacial score (nSPS) is 11.1. The van der Waals surface area contributed by atoms with E-state index in [9.17, 15) is 9.90 Å². The van der Waals surface area contributed by atoms with Crippen LogP contribution < -0.4 is 15.5 Å². The van der Waals surface area contributed by atoms with Crippen molar-refractivity contribution in [3.8, 4) is 11.5 Å². The number of nitrogens with one attached hydrogen (secondary N) is 2. The molecule has 0 unspecified atom stereocenters. The second-order valence-corrected chi connectivity index (χ2v) is 7.98. The van der Waals surface area contributed by atoms with Crippen LogP contribution in [0.4, 0.5) is 10.5 Å². The van der Waals surface area contributed by atoms with Crippen molar-refractivity contribution in [1.82, 2.24) is 10.3 Å². The summed E-state index contributed by atoms with van der Waals surface area (Å²) in [6, 6.07) is 20.3. The number of benzene rings is 3. The van der Waals surface area contributed by atoms with E-state index in [-0.39, 0.29) is 5.75 Å². The van der Waals surface area contributed by atoms with Crippen LogP contribution in [0.3, 0.4) is 0 Å². The number of nitrogens with zero attached hydrogens (tertiary/aromatic N) is 2. The molecule has 0 aliphatic carbocycles. The lowest BCUT2D eigenvalue weighted by molar-refractivity contribution is 0.252. The van der Waals surface area contributed by atoms with Crippen molar-refractivity contribution in [2.75, 3.05) is 18.4 Å². The molecule has 0 saturated heterocycles. The van der Waals surface area contributed by atoms with Crippen molar-refractivity contribution in [2.45, 2.75) is 33.9 Å². The maximum Gasteiger partial charge on any atom is 0.339 e. The highest BCUT2D eigenvalue weighted by Crippen LogP contribution is 2.23. The van der Waals surface area contributed by atoms with E-state index < -0.39 is 6.03 Å². The quantitative estimate of drug-likeness (QED) is 0.284. The van der Waals surface area contributed by atoms with Crippen LogP contribution in [0.15, 0.2) is 71.8 Å². The van der Waals surface area contributed by atoms with E-state index in [0.29, 0.717) is 23.6 Å². The van der Waals surface area contributed by atoms with Crippen molar-refractivity contribution >= 4 is 17.9 Å². The van der Waals surface area contributed by atoms with Gasteiger partial charge in [-0.05, 0) is 55.4 Å². The number of amides is 2. The van der Waals surface area contributed by atoms with Crippen LogP contribution >= 0.6 is 0 Å². The first-order valence-corrected chi connectivity index (χ1v) is 11.4. The van der Waals surface area contributed by atoms with Crippen LogP contribution in [-0.4, -0.2) is 35.3 Å². The van der Waals surface area contributed by atoms with Crippen LogP contribution in [0.2, 0.25) is 0 Å². The first kappa shape index (κ1) is 24.8. The third-order valence-corrected chi connectivity index (χ3v) is 5.41. The molecule has 0 fully saturated rings. The fourth-order valence-corrected chi connectivity index (χ4v) is 3.29. The molecule has 2 amide bonds. The molecule has 0 bridgehead atoms. The fraction of sp³-hybridized carbons (Fsp3) is 0.259. The van der Waals surface area contributed by atoms with Crippen LogP contribution in [0, 0.1) is 6.92 Å². The lowest BCUT2D eigenvalue weighted by Gasteiger charge is -2.18. The number of phenols is 1. The first-order valence-electron chi connectivity index (χ1n) is 11.4. The van der Waals surface area contributed by atoms with Gasteiger partial charge < -0.3 is 15.2 Å². The smallest absolute Gasteiger partial charge is 0.339 e. The van der Waals surface area contributed by atoms with Crippen molar-refractivity contribution in [1.29, 1.82) is 0 Å². The number of phenolic OH excluding ortho intramolecular Hbond substituents is 1. The molecule has 7 nitrogen and oxygen atoms in total. The number of hydrogen-bond acceptors (Lipinski definition) is 5. The summed E-state index contributed by atoms with van der Waals surface area (Å²) in [6.45, 7) is 9.59. The van der Waals surface area contributed by atoms with E-state index in [1.54, 1.807) is 12.1 Å². The highest BCUT2D eigenvalue weighted by molar-refractivity contribution is 5.90. The molecule has 3 rings (SSSR count). The molecule has 0 heterocycles. The summed E-state index contributed by atoms with van der Waals surface area (Å²) in [5.74, 6) is 0.557. The SMILES string of the molecule is CCN(CC)Cc1ccc(NC(=O)N/N=C/c2ccc(OCc3ccc(C)cc3)cc2O)cc1. The lowest BCUT2D eigenvalue weighted by Crippen LogP contribution is -2.24. The number of anilines is 1. The predicted octanol–water partition coefficient (Wildman–Crippen LogP) is 5.28. The minimum absolute atomic E-state index is 0.0103. The largest absolute Gasteiger partial charge is 0.507 e. The monoisotopic (exact) mass is 460 g/mol. The van der Waals surface area contributed by atoms with E-state index in [2.05, 4.69) is 34.6 Å². The number of aromatic hydroxyl groups is 1. The van der Waals surface area contributed by atoms with Gasteiger partial charge in [0.15, 0.2) is 0 Å². The molecule has 3 N–H and O–H groups in total. The van der Waals surface area contributed by atoms with Crippen molar-refractivity contribution in [3.05, 3.63) is 89.0 Å². The Kier molecular flexibility index (Phi) is 9.05. The van der Waals surface area contributed by atoms with E-state index in [1.807, 2.05) is 55.5 Å². The highest BCUT2D eigenvalue weighted by Gasteiger charge is 2.05. The predicted molar refractivity (Wildman–Crippen MR) is 136 cm³/mol. The summed E-state index contributed by atoms with van der Waals surface area (Å²) in [5, 5.41) is 16.9. The highest BCUT2D eigenvalue weighted by atomic mass is 16.5. The van der Waals surface area contributed by atoms with Crippen LogP contribution in [-0.2, 0) is 13.2 Å². The number of ether oxygens (including phenoxy) is 1. The Labute approximate surface area is 201 Å². The Morgan fingerprint density at radius 2 is 1.68 bits per heavy atom. The summed E-state index contributed by atoms with van der Waals surface area (Å²) >= 11 is 0. The van der Waals surface area contributed by atoms with Crippen LogP contribution in [0.5, 0.6) is 11.5 Å². The van der Waals surface area contributed by atoms with Crippen LogP contribution in [0.1, 0.15) is 36.1 Å². The van der Waals surface area contributed by atoms with Crippen molar-refractivity contribution in [2.24, 2.45) is 5.10 Å². The Balaban J connectivity index is 1.47. The van der Waals surface area contributed by atoms with Crippen molar-refractivity contribution < 1.29 is 14.6 Å². The molecular weight excluding hydrogens is 428 g/mol. The number of carbonyl (C=O) groups is 1. The minimum atomic E-state index is -0.467. The fourth-order valence-electron chi connectivity index (χ4n) is 3.29. The van der Waals surface area contributed by atoms with E-state index in [4.69, 9.17) is 4.74 Å². The molecule has 178 valence electrons. The minimum Gasteiger partial charge on any atom is -0.507 e. The molecular formula is C27H32N4O3. The maximum absolute atomic E-state index is 12.1. The van der Waals surface area contributed by atoms with Gasteiger partial charge in [-0.3, -0.25) is 4.90 Å². The molecule has 0 aliphatic rings. The molecule has 7 heteroatoms. The van der Waals surface area contributed by atoms with E-state index in [1.165, 1.54) is 23.4 Å². The van der Waals surface area contributed by atoms with Gasteiger partial charge in [0.05, 0.1) is 6.21 Å². The average molecular weight is 461 g/mol. The molecule has 0 aromatic heterocycles. The third-order valence-electron chi connectivity index (χ3n) is 5.41. The number of aryl methyl sites for hydroxylation is 1. The number of hydrogen-bond donors (Lipinski definition) is 3. The Morgan fingerprint density at radius 1 is 1.00 bits per heavy atom. The van der Waals surface area contributed by atoms with Gasteiger partial charge in [-0.1, -0.05) is 55.8 Å². The summed E-state index contributed by atoms with van der Waals surface area (Å²) in [6.07, 6.45) is 1.38. The lowest BCUT2D eigenvalue weighted by atomic mass is 10.2. The molecule has 0 spiro atoms. The maximum atomic E-state index is 12.1. The number of rotatable bonds is 10. The van der Waals surface area contributed by atoms with Gasteiger partial charge in [0, 0.05) is 23.9 Å². The number of urea groups is 1. The van der Waals surface area contributed by atoms with Crippen LogP contribution in [0.25, 0.3) is 0 Å². The molecule has 3 aromatic rings. The molecule has 34 heavy (non-hydrogen) atoms. The van der Waals surface area contributed by atoms with Gasteiger partial charge in [-0.25, -0.2) is 10.2 Å². The second-order valence-electron chi connectivity index (χ2n) is 7.98. The zero-order valence-corrected chi connectivity index (χ0v) is 19.9. The molecule has 0 aliphatic heterocycles. The molecule has 3 aromatic carbocycles. The topological polar surface area (TPSA) is 86.2 Å². The summed E-state index contributed by atoms with van der Waals surface area (Å²) < 4.78 is 5.73. The molecule has 0 saturated carbocycles.